The third-order valence-electron chi connectivity index (χ3n) is 4.97. The van der Waals surface area contributed by atoms with E-state index in [2.05, 4.69) is 10.6 Å². The Kier molecular flexibility index (Phi) is 5.73. The number of nitrogens with zero attached hydrogens (tertiary/aromatic N) is 2. The Balaban J connectivity index is 1.67. The van der Waals surface area contributed by atoms with E-state index in [1.165, 1.54) is 11.8 Å². The predicted octanol–water partition coefficient (Wildman–Crippen LogP) is 6.16. The minimum atomic E-state index is -0.124. The van der Waals surface area contributed by atoms with E-state index in [0.29, 0.717) is 19.9 Å². The Morgan fingerprint density at radius 1 is 1.03 bits per heavy atom. The minimum absolute atomic E-state index is 0.124. The highest BCUT2D eigenvalue weighted by Crippen LogP contribution is 2.37. The number of aromatic nitrogens is 1. The number of methoxy groups -OCH3 is 1. The summed E-state index contributed by atoms with van der Waals surface area (Å²) < 4.78 is 7.92. The maximum Gasteiger partial charge on any atom is 0.270 e. The molecule has 1 aliphatic rings. The Morgan fingerprint density at radius 2 is 1.67 bits per heavy atom. The van der Waals surface area contributed by atoms with Crippen molar-refractivity contribution < 1.29 is 9.53 Å². The molecule has 4 rings (SSSR count). The normalized spacial score (nSPS) is 15.3. The van der Waals surface area contributed by atoms with Gasteiger partial charge in [-0.05, 0) is 80.1 Å². The molecule has 152 valence electrons. The Bertz CT molecular complexity index is 1170. The van der Waals surface area contributed by atoms with Crippen molar-refractivity contribution in [2.75, 3.05) is 12.0 Å². The topological polar surface area (TPSA) is 34.5 Å². The van der Waals surface area contributed by atoms with Gasteiger partial charge in [-0.25, -0.2) is 0 Å². The number of benzene rings is 2. The van der Waals surface area contributed by atoms with Gasteiger partial charge in [-0.1, -0.05) is 35.6 Å². The lowest BCUT2D eigenvalue weighted by Gasteiger charge is -2.14. The Hall–Kier alpha value is -2.54. The van der Waals surface area contributed by atoms with E-state index in [4.69, 9.17) is 28.6 Å². The first-order chi connectivity index (χ1) is 14.4. The van der Waals surface area contributed by atoms with Crippen LogP contribution in [0.2, 0.25) is 5.02 Å². The first-order valence-electron chi connectivity index (χ1n) is 9.26. The van der Waals surface area contributed by atoms with E-state index in [0.717, 1.165) is 28.4 Å². The van der Waals surface area contributed by atoms with Crippen molar-refractivity contribution in [3.63, 3.8) is 0 Å². The maximum absolute atomic E-state index is 13.0. The summed E-state index contributed by atoms with van der Waals surface area (Å²) in [5, 5.41) is 0.616. The molecule has 0 spiro atoms. The molecule has 0 N–H and O–H groups in total. The fourth-order valence-corrected chi connectivity index (χ4v) is 4.90. The van der Waals surface area contributed by atoms with Gasteiger partial charge in [-0.3, -0.25) is 9.69 Å². The zero-order valence-electron chi connectivity index (χ0n) is 16.7. The number of rotatable bonds is 4. The lowest BCUT2D eigenvalue weighted by molar-refractivity contribution is -0.113. The van der Waals surface area contributed by atoms with Crippen LogP contribution in [0.3, 0.4) is 0 Å². The Morgan fingerprint density at radius 3 is 2.30 bits per heavy atom. The molecular weight excluding hydrogens is 436 g/mol. The fourth-order valence-electron chi connectivity index (χ4n) is 3.48. The van der Waals surface area contributed by atoms with Gasteiger partial charge < -0.3 is 9.30 Å². The summed E-state index contributed by atoms with van der Waals surface area (Å²) in [5.74, 6) is 0.689. The van der Waals surface area contributed by atoms with Crippen LogP contribution in [-0.4, -0.2) is 21.9 Å². The SMILES string of the molecule is COc1ccc(-n2c(C)cc(/C=C3/SC(=S)N(c4ccc(Cl)cc4)C3=O)c2C)cc1. The van der Waals surface area contributed by atoms with Crippen molar-refractivity contribution in [3.05, 3.63) is 81.5 Å². The second-order valence-corrected chi connectivity index (χ2v) is 8.97. The number of thioether (sulfide) groups is 1. The molecule has 0 saturated carbocycles. The number of hydrogen-bond acceptors (Lipinski definition) is 4. The first kappa shape index (κ1) is 20.7. The van der Waals surface area contributed by atoms with Crippen LogP contribution in [0.4, 0.5) is 5.69 Å². The zero-order valence-corrected chi connectivity index (χ0v) is 19.1. The van der Waals surface area contributed by atoms with Crippen LogP contribution in [0.15, 0.2) is 59.5 Å². The third-order valence-corrected chi connectivity index (χ3v) is 6.52. The Labute approximate surface area is 190 Å². The van der Waals surface area contributed by atoms with E-state index >= 15 is 0 Å². The monoisotopic (exact) mass is 454 g/mol. The third kappa shape index (κ3) is 3.78. The van der Waals surface area contributed by atoms with Crippen molar-refractivity contribution in [3.8, 4) is 11.4 Å². The summed E-state index contributed by atoms with van der Waals surface area (Å²) in [4.78, 5) is 15.2. The van der Waals surface area contributed by atoms with Crippen LogP contribution in [-0.2, 0) is 4.79 Å². The van der Waals surface area contributed by atoms with Crippen LogP contribution >= 0.6 is 35.6 Å². The van der Waals surface area contributed by atoms with Gasteiger partial charge in [0.25, 0.3) is 5.91 Å². The quantitative estimate of drug-likeness (QED) is 0.349. The standard InChI is InChI=1S/C23H19ClN2O2S2/c1-14-12-16(15(2)25(14)18-8-10-20(28-3)11-9-18)13-21-22(27)26(23(29)30-21)19-6-4-17(24)5-7-19/h4-13H,1-3H3/b21-13+. The molecule has 0 unspecified atom stereocenters. The molecule has 2 aromatic carbocycles. The molecule has 0 bridgehead atoms. The van der Waals surface area contributed by atoms with E-state index in [1.54, 1.807) is 36.3 Å². The van der Waals surface area contributed by atoms with Crippen LogP contribution in [0.1, 0.15) is 17.0 Å². The van der Waals surface area contributed by atoms with Crippen LogP contribution in [0.25, 0.3) is 11.8 Å². The number of halogens is 1. The fraction of sp³-hybridized carbons (Fsp3) is 0.130. The summed E-state index contributed by atoms with van der Waals surface area (Å²) in [6.07, 6.45) is 1.91. The summed E-state index contributed by atoms with van der Waals surface area (Å²) in [5.41, 5.74) is 4.87. The molecule has 1 aromatic heterocycles. The van der Waals surface area contributed by atoms with E-state index in [9.17, 15) is 4.79 Å². The van der Waals surface area contributed by atoms with Crippen molar-refractivity contribution in [1.29, 1.82) is 0 Å². The van der Waals surface area contributed by atoms with Gasteiger partial charge in [0.1, 0.15) is 5.75 Å². The molecule has 1 saturated heterocycles. The highest BCUT2D eigenvalue weighted by Gasteiger charge is 2.33. The number of aryl methyl sites for hydroxylation is 1. The second-order valence-electron chi connectivity index (χ2n) is 6.85. The lowest BCUT2D eigenvalue weighted by Crippen LogP contribution is -2.27. The van der Waals surface area contributed by atoms with Gasteiger partial charge >= 0.3 is 0 Å². The van der Waals surface area contributed by atoms with Gasteiger partial charge in [0.05, 0.1) is 17.7 Å². The first-order valence-corrected chi connectivity index (χ1v) is 10.9. The highest BCUT2D eigenvalue weighted by molar-refractivity contribution is 8.27. The molecule has 0 aliphatic carbocycles. The van der Waals surface area contributed by atoms with Gasteiger partial charge in [0.2, 0.25) is 0 Å². The average molecular weight is 455 g/mol. The predicted molar refractivity (Wildman–Crippen MR) is 129 cm³/mol. The molecule has 7 heteroatoms. The van der Waals surface area contributed by atoms with Crippen LogP contribution in [0.5, 0.6) is 5.75 Å². The number of carbonyl (C=O) groups is 1. The van der Waals surface area contributed by atoms with Gasteiger partial charge in [-0.2, -0.15) is 0 Å². The summed E-state index contributed by atoms with van der Waals surface area (Å²) in [6, 6.07) is 17.1. The van der Waals surface area contributed by atoms with Crippen molar-refractivity contribution in [1.82, 2.24) is 4.57 Å². The number of amides is 1. The number of thiocarbonyl (C=S) groups is 1. The number of carbonyl (C=O) groups excluding carboxylic acids is 1. The van der Waals surface area contributed by atoms with Crippen molar-refractivity contribution in [2.45, 2.75) is 13.8 Å². The van der Waals surface area contributed by atoms with Crippen molar-refractivity contribution >= 4 is 57.6 Å². The molecule has 1 fully saturated rings. The molecule has 2 heterocycles. The molecular formula is C23H19ClN2O2S2. The molecule has 30 heavy (non-hydrogen) atoms. The molecule has 0 atom stereocenters. The summed E-state index contributed by atoms with van der Waals surface area (Å²) >= 11 is 12.7. The number of anilines is 1. The average Bonchev–Trinajstić information content (AvgIpc) is 3.17. The van der Waals surface area contributed by atoms with Gasteiger partial charge in [0, 0.05) is 22.1 Å². The molecule has 3 aromatic rings. The second kappa shape index (κ2) is 8.30. The molecule has 0 radical (unpaired) electrons. The highest BCUT2D eigenvalue weighted by atomic mass is 35.5. The number of hydrogen-bond donors (Lipinski definition) is 0. The van der Waals surface area contributed by atoms with Crippen molar-refractivity contribution in [2.24, 2.45) is 0 Å². The molecule has 1 aliphatic heterocycles. The molecule has 1 amide bonds. The summed E-state index contributed by atoms with van der Waals surface area (Å²) in [6.45, 7) is 4.09. The van der Waals surface area contributed by atoms with E-state index in [-0.39, 0.29) is 5.91 Å². The summed E-state index contributed by atoms with van der Waals surface area (Å²) in [7, 11) is 1.65. The lowest BCUT2D eigenvalue weighted by atomic mass is 10.2. The zero-order chi connectivity index (χ0) is 21.4. The number of ether oxygens (including phenoxy) is 1. The van der Waals surface area contributed by atoms with E-state index in [1.807, 2.05) is 44.2 Å². The largest absolute Gasteiger partial charge is 0.497 e. The van der Waals surface area contributed by atoms with Crippen LogP contribution in [0, 0.1) is 13.8 Å². The van der Waals surface area contributed by atoms with Gasteiger partial charge in [-0.15, -0.1) is 0 Å². The van der Waals surface area contributed by atoms with Crippen LogP contribution < -0.4 is 9.64 Å². The van der Waals surface area contributed by atoms with Gasteiger partial charge in [0.15, 0.2) is 4.32 Å². The minimum Gasteiger partial charge on any atom is -0.497 e. The smallest absolute Gasteiger partial charge is 0.270 e. The molecule has 4 nitrogen and oxygen atoms in total. The maximum atomic E-state index is 13.0. The van der Waals surface area contributed by atoms with E-state index < -0.39 is 0 Å².